The number of nitrogens with zero attached hydrogens (tertiary/aromatic N) is 3. The highest BCUT2D eigenvalue weighted by molar-refractivity contribution is 6.04. The molecule has 114 valence electrons. The monoisotopic (exact) mass is 306 g/mol. The molecule has 1 aliphatic carbocycles. The third-order valence-electron chi connectivity index (χ3n) is 4.05. The summed E-state index contributed by atoms with van der Waals surface area (Å²) in [4.78, 5) is 8.17. The Kier molecular flexibility index (Phi) is 3.08. The normalized spacial score (nSPS) is 15.0. The van der Waals surface area contributed by atoms with Gasteiger partial charge in [-0.05, 0) is 36.6 Å². The Morgan fingerprint density at radius 2 is 2.04 bits per heavy atom. The maximum atomic E-state index is 9.03. The molecule has 0 aliphatic heterocycles. The van der Waals surface area contributed by atoms with E-state index in [1.165, 1.54) is 0 Å². The number of aromatic nitrogens is 2. The van der Waals surface area contributed by atoms with Crippen LogP contribution in [0.25, 0.3) is 22.6 Å². The number of rotatable bonds is 2. The molecule has 0 unspecified atom stereocenters. The minimum Gasteiger partial charge on any atom is -0.464 e. The molecule has 0 atom stereocenters. The zero-order chi connectivity index (χ0) is 15.8. The fourth-order valence-corrected chi connectivity index (χ4v) is 2.97. The van der Waals surface area contributed by atoms with Crippen LogP contribution in [0, 0.1) is 0 Å². The van der Waals surface area contributed by atoms with Crippen LogP contribution in [0.1, 0.15) is 17.5 Å². The Morgan fingerprint density at radius 1 is 1.13 bits per heavy atom. The van der Waals surface area contributed by atoms with Gasteiger partial charge in [0.2, 0.25) is 5.95 Å². The highest BCUT2D eigenvalue weighted by Crippen LogP contribution is 2.35. The van der Waals surface area contributed by atoms with Crippen molar-refractivity contribution in [1.82, 2.24) is 9.97 Å². The second-order valence-corrected chi connectivity index (χ2v) is 5.38. The molecule has 2 heterocycles. The molecule has 0 fully saturated rings. The number of hydrogen-bond donors (Lipinski definition) is 2. The lowest BCUT2D eigenvalue weighted by molar-refractivity contribution is 0.318. The number of nitrogen functional groups attached to an aromatic ring is 1. The predicted molar refractivity (Wildman–Crippen MR) is 86.2 cm³/mol. The molecule has 6 nitrogen and oxygen atoms in total. The smallest absolute Gasteiger partial charge is 0.220 e. The summed E-state index contributed by atoms with van der Waals surface area (Å²) in [5.41, 5.74) is 11.1. The lowest BCUT2D eigenvalue weighted by atomic mass is 10.0. The van der Waals surface area contributed by atoms with Crippen molar-refractivity contribution in [2.75, 3.05) is 5.73 Å². The van der Waals surface area contributed by atoms with Crippen LogP contribution in [0.15, 0.2) is 52.4 Å². The van der Waals surface area contributed by atoms with Crippen LogP contribution in [-0.4, -0.2) is 20.9 Å². The summed E-state index contributed by atoms with van der Waals surface area (Å²) in [5, 5.41) is 12.4. The molecular formula is C17H14N4O2. The number of fused-ring (bicyclic) bond motifs is 1. The molecule has 2 aromatic heterocycles. The van der Waals surface area contributed by atoms with Crippen molar-refractivity contribution < 1.29 is 9.62 Å². The molecule has 23 heavy (non-hydrogen) atoms. The molecule has 1 aromatic carbocycles. The summed E-state index contributed by atoms with van der Waals surface area (Å²) >= 11 is 0. The molecule has 3 aromatic rings. The summed E-state index contributed by atoms with van der Waals surface area (Å²) in [6.45, 7) is 0. The quantitative estimate of drug-likeness (QED) is 0.560. The van der Waals surface area contributed by atoms with Crippen molar-refractivity contribution in [1.29, 1.82) is 0 Å². The number of anilines is 1. The molecule has 6 heteroatoms. The summed E-state index contributed by atoms with van der Waals surface area (Å²) in [7, 11) is 0. The maximum Gasteiger partial charge on any atom is 0.220 e. The Morgan fingerprint density at radius 3 is 2.87 bits per heavy atom. The van der Waals surface area contributed by atoms with E-state index in [0.717, 1.165) is 52.3 Å². The summed E-state index contributed by atoms with van der Waals surface area (Å²) in [6, 6.07) is 9.66. The largest absolute Gasteiger partial charge is 0.464 e. The predicted octanol–water partition coefficient (Wildman–Crippen LogP) is 3.11. The third kappa shape index (κ3) is 2.24. The molecule has 0 spiro atoms. The van der Waals surface area contributed by atoms with Gasteiger partial charge in [-0.2, -0.15) is 0 Å². The fourth-order valence-electron chi connectivity index (χ4n) is 2.97. The Labute approximate surface area is 132 Å². The van der Waals surface area contributed by atoms with Crippen LogP contribution >= 0.6 is 0 Å². The van der Waals surface area contributed by atoms with E-state index in [1.807, 2.05) is 18.2 Å². The van der Waals surface area contributed by atoms with Gasteiger partial charge in [0, 0.05) is 22.9 Å². The molecule has 0 saturated carbocycles. The maximum absolute atomic E-state index is 9.03. The van der Waals surface area contributed by atoms with Crippen molar-refractivity contribution in [3.05, 3.63) is 53.9 Å². The summed E-state index contributed by atoms with van der Waals surface area (Å²) < 4.78 is 5.68. The van der Waals surface area contributed by atoms with Gasteiger partial charge in [0.25, 0.3) is 0 Å². The topological polar surface area (TPSA) is 97.5 Å². The number of benzene rings is 1. The van der Waals surface area contributed by atoms with Gasteiger partial charge in [0.05, 0.1) is 17.7 Å². The summed E-state index contributed by atoms with van der Waals surface area (Å²) in [6.07, 6.45) is 4.87. The van der Waals surface area contributed by atoms with Crippen LogP contribution in [0.4, 0.5) is 5.95 Å². The van der Waals surface area contributed by atoms with Gasteiger partial charge in [-0.25, -0.2) is 9.97 Å². The third-order valence-corrected chi connectivity index (χ3v) is 4.05. The molecule has 0 amide bonds. The SMILES string of the molecule is Nc1nccc(-c2ccoc2-c2ccc3c(c2)CCC3=NO)n1. The van der Waals surface area contributed by atoms with Crippen LogP contribution < -0.4 is 5.73 Å². The minimum absolute atomic E-state index is 0.229. The second kappa shape index (κ2) is 5.24. The number of nitrogens with two attached hydrogens (primary N) is 1. The van der Waals surface area contributed by atoms with Gasteiger partial charge in [-0.3, -0.25) is 0 Å². The van der Waals surface area contributed by atoms with Crippen molar-refractivity contribution >= 4 is 11.7 Å². The van der Waals surface area contributed by atoms with Gasteiger partial charge in [-0.1, -0.05) is 17.3 Å². The first-order chi connectivity index (χ1) is 11.3. The lowest BCUT2D eigenvalue weighted by Crippen LogP contribution is -1.95. The standard InChI is InChI=1S/C17H14N4O2/c18-17-19-7-5-14(20-17)13-6-8-23-16(13)11-1-3-12-10(9-11)2-4-15(12)21-22/h1,3,5-9,22H,2,4H2,(H2,18,19,20). The summed E-state index contributed by atoms with van der Waals surface area (Å²) in [5.74, 6) is 0.965. The van der Waals surface area contributed by atoms with Gasteiger partial charge in [0.15, 0.2) is 0 Å². The molecule has 3 N–H and O–H groups in total. The molecule has 1 aliphatic rings. The zero-order valence-corrected chi connectivity index (χ0v) is 12.2. The Balaban J connectivity index is 1.80. The van der Waals surface area contributed by atoms with E-state index in [9.17, 15) is 0 Å². The number of furan rings is 1. The van der Waals surface area contributed by atoms with Crippen molar-refractivity contribution in [3.8, 4) is 22.6 Å². The number of oxime groups is 1. The Bertz CT molecular complexity index is 914. The molecule has 0 saturated heterocycles. The van der Waals surface area contributed by atoms with Gasteiger partial charge >= 0.3 is 0 Å². The van der Waals surface area contributed by atoms with Gasteiger partial charge < -0.3 is 15.4 Å². The van der Waals surface area contributed by atoms with Crippen LogP contribution in [0.2, 0.25) is 0 Å². The second-order valence-electron chi connectivity index (χ2n) is 5.38. The molecule has 0 radical (unpaired) electrons. The van der Waals surface area contributed by atoms with Crippen LogP contribution in [0.3, 0.4) is 0 Å². The van der Waals surface area contributed by atoms with E-state index in [0.29, 0.717) is 0 Å². The first-order valence-electron chi connectivity index (χ1n) is 7.27. The van der Waals surface area contributed by atoms with Crippen molar-refractivity contribution in [2.45, 2.75) is 12.8 Å². The molecule has 4 rings (SSSR count). The lowest BCUT2D eigenvalue weighted by Gasteiger charge is -2.06. The number of hydrogen-bond acceptors (Lipinski definition) is 6. The van der Waals surface area contributed by atoms with Crippen LogP contribution in [-0.2, 0) is 6.42 Å². The first-order valence-corrected chi connectivity index (χ1v) is 7.27. The Hall–Kier alpha value is -3.15. The molecule has 0 bridgehead atoms. The van der Waals surface area contributed by atoms with Gasteiger partial charge in [0.1, 0.15) is 5.76 Å². The van der Waals surface area contributed by atoms with E-state index in [1.54, 1.807) is 18.5 Å². The first kappa shape index (κ1) is 13.5. The van der Waals surface area contributed by atoms with E-state index < -0.39 is 0 Å². The van der Waals surface area contributed by atoms with Crippen molar-refractivity contribution in [2.24, 2.45) is 5.16 Å². The fraction of sp³-hybridized carbons (Fsp3) is 0.118. The van der Waals surface area contributed by atoms with E-state index in [2.05, 4.69) is 21.2 Å². The van der Waals surface area contributed by atoms with Gasteiger partial charge in [-0.15, -0.1) is 0 Å². The average molecular weight is 306 g/mol. The van der Waals surface area contributed by atoms with E-state index in [4.69, 9.17) is 15.4 Å². The van der Waals surface area contributed by atoms with E-state index >= 15 is 0 Å². The van der Waals surface area contributed by atoms with Crippen molar-refractivity contribution in [3.63, 3.8) is 0 Å². The van der Waals surface area contributed by atoms with E-state index in [-0.39, 0.29) is 5.95 Å². The molecular weight excluding hydrogens is 292 g/mol. The number of aryl methyl sites for hydroxylation is 1. The zero-order valence-electron chi connectivity index (χ0n) is 12.2. The highest BCUT2D eigenvalue weighted by atomic mass is 16.4. The van der Waals surface area contributed by atoms with Crippen LogP contribution in [0.5, 0.6) is 0 Å². The highest BCUT2D eigenvalue weighted by Gasteiger charge is 2.20. The minimum atomic E-state index is 0.229. The average Bonchev–Trinajstić information content (AvgIpc) is 3.21.